The molecule has 4 aliphatic heterocycles. The van der Waals surface area contributed by atoms with Crippen molar-refractivity contribution in [1.29, 1.82) is 0 Å². The van der Waals surface area contributed by atoms with Crippen LogP contribution < -0.4 is 5.32 Å². The zero-order chi connectivity index (χ0) is 37.3. The van der Waals surface area contributed by atoms with Crippen molar-refractivity contribution >= 4 is 30.4 Å². The number of likely N-dealkylation sites (tertiary alicyclic amines) is 2. The number of hydrogen-bond donors (Lipinski definition) is 3. The van der Waals surface area contributed by atoms with Gasteiger partial charge >= 0.3 is 12.2 Å². The van der Waals surface area contributed by atoms with Crippen molar-refractivity contribution < 1.29 is 38.8 Å². The zero-order valence-electron chi connectivity index (χ0n) is 33.2. The fourth-order valence-corrected chi connectivity index (χ4v) is 5.87. The molecule has 0 aromatic carbocycles. The van der Waals surface area contributed by atoms with Crippen molar-refractivity contribution in [3.63, 3.8) is 0 Å². The maximum Gasteiger partial charge on any atom is 0.410 e. The van der Waals surface area contributed by atoms with Gasteiger partial charge in [-0.15, -0.1) is 12.4 Å². The van der Waals surface area contributed by atoms with Crippen LogP contribution in [0.1, 0.15) is 117 Å². The normalized spacial score (nSPS) is 32.6. The van der Waals surface area contributed by atoms with Gasteiger partial charge in [0.25, 0.3) is 0 Å². The average molecular weight is 738 g/mol. The Balaban J connectivity index is 0. The second-order valence-electron chi connectivity index (χ2n) is 17.0. The summed E-state index contributed by atoms with van der Waals surface area (Å²) >= 11 is 0. The van der Waals surface area contributed by atoms with E-state index in [1.54, 1.807) is 9.80 Å². The summed E-state index contributed by atoms with van der Waals surface area (Å²) in [5.74, 6) is 0.914. The second-order valence-corrected chi connectivity index (χ2v) is 17.0. The van der Waals surface area contributed by atoms with Crippen LogP contribution in [-0.4, -0.2) is 113 Å². The number of aliphatic hydroxyl groups is 2. The van der Waals surface area contributed by atoms with Gasteiger partial charge in [-0.1, -0.05) is 49.0 Å². The van der Waals surface area contributed by atoms with Gasteiger partial charge in [0.2, 0.25) is 0 Å². The van der Waals surface area contributed by atoms with E-state index in [1.165, 1.54) is 12.8 Å². The zero-order valence-corrected chi connectivity index (χ0v) is 34.0. The van der Waals surface area contributed by atoms with Gasteiger partial charge in [-0.2, -0.15) is 0 Å². The van der Waals surface area contributed by atoms with Crippen molar-refractivity contribution in [2.45, 2.75) is 140 Å². The molecule has 2 unspecified atom stereocenters. The Labute approximate surface area is 311 Å². The molecule has 4 rings (SSSR count). The minimum Gasteiger partial charge on any atom is -0.444 e. The first-order valence-electron chi connectivity index (χ1n) is 18.0. The molecule has 8 atom stereocenters. The highest BCUT2D eigenvalue weighted by Crippen LogP contribution is 2.33. The fraction of sp³-hybridized carbons (Fsp3) is 0.921. The first-order chi connectivity index (χ1) is 21.8. The summed E-state index contributed by atoms with van der Waals surface area (Å²) in [7, 11) is 0. The number of rotatable bonds is 0. The topological polar surface area (TPSA) is 138 Å². The Morgan fingerprint density at radius 3 is 1.30 bits per heavy atom. The first kappa shape index (κ1) is 50.4. The Bertz CT molecular complexity index is 975. The molecule has 11 nitrogen and oxygen atoms in total. The highest BCUT2D eigenvalue weighted by atomic mass is 35.5. The van der Waals surface area contributed by atoms with Crippen LogP contribution >= 0.6 is 12.4 Å². The fourth-order valence-electron chi connectivity index (χ4n) is 5.87. The number of hydrogen-bond acceptors (Lipinski definition) is 9. The van der Waals surface area contributed by atoms with Gasteiger partial charge in [-0.3, -0.25) is 4.79 Å². The van der Waals surface area contributed by atoms with E-state index in [-0.39, 0.29) is 61.5 Å². The van der Waals surface area contributed by atoms with Crippen molar-refractivity contribution in [3.05, 3.63) is 0 Å². The Kier molecular flexibility index (Phi) is 21.3. The largest absolute Gasteiger partial charge is 0.444 e. The first-order valence-corrected chi connectivity index (χ1v) is 18.0. The molecule has 0 saturated carbocycles. The third-order valence-corrected chi connectivity index (χ3v) is 9.97. The molecule has 12 heteroatoms. The number of nitrogens with one attached hydrogen (secondary N) is 1. The Hall–Kier alpha value is -1.66. The van der Waals surface area contributed by atoms with Crippen molar-refractivity contribution in [2.24, 2.45) is 35.5 Å². The van der Waals surface area contributed by atoms with Crippen LogP contribution in [0.2, 0.25) is 0 Å². The summed E-state index contributed by atoms with van der Waals surface area (Å²) < 4.78 is 15.6. The lowest BCUT2D eigenvalue weighted by Gasteiger charge is -2.45. The lowest BCUT2D eigenvalue weighted by molar-refractivity contribution is -0.129. The molecule has 4 fully saturated rings. The second kappa shape index (κ2) is 21.1. The lowest BCUT2D eigenvalue weighted by Crippen LogP contribution is -2.56. The molecule has 0 radical (unpaired) electrons. The molecule has 50 heavy (non-hydrogen) atoms. The van der Waals surface area contributed by atoms with Crippen LogP contribution in [-0.2, 0) is 19.0 Å². The van der Waals surface area contributed by atoms with Crippen LogP contribution in [0.15, 0.2) is 0 Å². The summed E-state index contributed by atoms with van der Waals surface area (Å²) in [5, 5.41) is 23.4. The van der Waals surface area contributed by atoms with E-state index in [2.05, 4.69) is 19.2 Å². The standard InChI is InChI=1S/C13H25NO3.C12H21NO3.C8H17NO.C4H8O.CH4.ClH/c1-9-7-14(8-10(2)13(9,6)16)11(15)17-12(3,4)5;1-8-6-13(7-9(2)10(8)14)11(15)16-12(3,4)5;1-6-4-9-5-7(2)8(6,3)10;1-2-4-5-3-1;;/h9-10,16H,7-8H2,1-6H3;8-9H,6-7H2,1-5H3;6-7,9-10H,4-5H2,1-3H3;1-4H2;1H4;1H/t9-,10+,13?;8-,9+;6-,7+,8?;;;. The van der Waals surface area contributed by atoms with Gasteiger partial charge in [0, 0.05) is 76.2 Å². The number of Topliss-reactive ketones (excluding diaryl/α,β-unsaturated/α-hetero) is 1. The SMILES string of the molecule is C.C1CCOC1.C[C@@H]1CN(C(=O)OC(C)(C)C)C[C@H](C)C1(C)O.C[C@@H]1CN(C(=O)OC(C)(C)C)C[C@H](C)C1=O.C[C@@H]1CNC[C@H](C)C1(C)O.Cl. The predicted molar refractivity (Wildman–Crippen MR) is 204 cm³/mol. The summed E-state index contributed by atoms with van der Waals surface area (Å²) in [5.41, 5.74) is -2.13. The maximum absolute atomic E-state index is 11.9. The van der Waals surface area contributed by atoms with Gasteiger partial charge in [-0.25, -0.2) is 9.59 Å². The summed E-state index contributed by atoms with van der Waals surface area (Å²) in [6.07, 6.45) is 1.95. The summed E-state index contributed by atoms with van der Waals surface area (Å²) in [4.78, 5) is 38.7. The average Bonchev–Trinajstić information content (AvgIpc) is 3.53. The molecule has 4 heterocycles. The van der Waals surface area contributed by atoms with Gasteiger partial charge < -0.3 is 39.5 Å². The number of carbonyl (C=O) groups excluding carboxylic acids is 3. The van der Waals surface area contributed by atoms with E-state index in [9.17, 15) is 24.6 Å². The molecule has 2 amide bonds. The summed E-state index contributed by atoms with van der Waals surface area (Å²) in [6.45, 7) is 32.6. The minimum atomic E-state index is -0.710. The van der Waals surface area contributed by atoms with Crippen molar-refractivity contribution in [2.75, 3.05) is 52.5 Å². The molecule has 0 aliphatic carbocycles. The molecule has 0 bridgehead atoms. The lowest BCUT2D eigenvalue weighted by atomic mass is 9.77. The van der Waals surface area contributed by atoms with Gasteiger partial charge in [0.05, 0.1) is 11.2 Å². The number of nitrogens with zero attached hydrogens (tertiary/aromatic N) is 2. The number of amides is 2. The quantitative estimate of drug-likeness (QED) is 0.245. The molecule has 0 aromatic heterocycles. The van der Waals surface area contributed by atoms with E-state index in [0.717, 1.165) is 26.3 Å². The van der Waals surface area contributed by atoms with E-state index in [1.807, 2.05) is 83.1 Å². The highest BCUT2D eigenvalue weighted by Gasteiger charge is 2.43. The van der Waals surface area contributed by atoms with E-state index >= 15 is 0 Å². The minimum absolute atomic E-state index is 0. The number of ketones is 1. The maximum atomic E-state index is 11.9. The van der Waals surface area contributed by atoms with E-state index in [0.29, 0.717) is 38.0 Å². The molecule has 3 N–H and O–H groups in total. The van der Waals surface area contributed by atoms with Crippen LogP contribution in [0.5, 0.6) is 0 Å². The van der Waals surface area contributed by atoms with Crippen LogP contribution in [0, 0.1) is 35.5 Å². The van der Waals surface area contributed by atoms with Gasteiger partial charge in [0.15, 0.2) is 0 Å². The third kappa shape index (κ3) is 16.8. The monoisotopic (exact) mass is 738 g/mol. The summed E-state index contributed by atoms with van der Waals surface area (Å²) in [6, 6.07) is 0. The smallest absolute Gasteiger partial charge is 0.410 e. The van der Waals surface area contributed by atoms with E-state index < -0.39 is 22.4 Å². The number of piperidine rings is 3. The molecule has 298 valence electrons. The van der Waals surface area contributed by atoms with Gasteiger partial charge in [-0.05, 0) is 80.1 Å². The molecular weight excluding hydrogens is 662 g/mol. The Morgan fingerprint density at radius 1 is 0.700 bits per heavy atom. The van der Waals surface area contributed by atoms with Crippen molar-refractivity contribution in [3.8, 4) is 0 Å². The molecular formula is C38H76ClN3O8. The number of carbonyl (C=O) groups is 3. The van der Waals surface area contributed by atoms with Crippen LogP contribution in [0.4, 0.5) is 9.59 Å². The van der Waals surface area contributed by atoms with E-state index in [4.69, 9.17) is 14.2 Å². The molecule has 4 saturated heterocycles. The molecule has 0 spiro atoms. The van der Waals surface area contributed by atoms with Crippen LogP contribution in [0.3, 0.4) is 0 Å². The third-order valence-electron chi connectivity index (χ3n) is 9.97. The molecule has 4 aliphatic rings. The number of ether oxygens (including phenoxy) is 3. The van der Waals surface area contributed by atoms with Crippen molar-refractivity contribution in [1.82, 2.24) is 15.1 Å². The predicted octanol–water partition coefficient (Wildman–Crippen LogP) is 6.81. The van der Waals surface area contributed by atoms with Gasteiger partial charge in [0.1, 0.15) is 17.0 Å². The Morgan fingerprint density at radius 2 is 1.02 bits per heavy atom. The molecule has 0 aromatic rings. The van der Waals surface area contributed by atoms with Crippen LogP contribution in [0.25, 0.3) is 0 Å². The highest BCUT2D eigenvalue weighted by molar-refractivity contribution is 5.86. The number of halogens is 1.